The molecule has 5 heteroatoms. The van der Waals surface area contributed by atoms with Crippen molar-refractivity contribution >= 4 is 17.7 Å². The molecular weight excluding hydrogens is 346 g/mol. The molecule has 1 aliphatic heterocycles. The normalized spacial score (nSPS) is 20.1. The smallest absolute Gasteiger partial charge is 0.321 e. The van der Waals surface area contributed by atoms with E-state index in [1.165, 1.54) is 5.56 Å². The monoisotopic (exact) mass is 371 g/mol. The van der Waals surface area contributed by atoms with E-state index in [-0.39, 0.29) is 10.8 Å². The third-order valence-corrected chi connectivity index (χ3v) is 6.29. The number of rotatable bonds is 6. The van der Waals surface area contributed by atoms with Gasteiger partial charge < -0.3 is 9.84 Å². The molecule has 2 aromatic rings. The fourth-order valence-electron chi connectivity index (χ4n) is 2.83. The van der Waals surface area contributed by atoms with Crippen molar-refractivity contribution in [1.29, 1.82) is 0 Å². The van der Waals surface area contributed by atoms with Crippen molar-refractivity contribution < 1.29 is 14.6 Å². The molecule has 138 valence electrons. The average molecular weight is 372 g/mol. The molecule has 0 radical (unpaired) electrons. The van der Waals surface area contributed by atoms with Gasteiger partial charge in [0.1, 0.15) is 17.5 Å². The maximum Gasteiger partial charge on any atom is 0.321 e. The lowest BCUT2D eigenvalue weighted by Gasteiger charge is -2.23. The molecule has 2 aromatic carbocycles. The maximum absolute atomic E-state index is 11.0. The van der Waals surface area contributed by atoms with Crippen LogP contribution in [0.5, 0.6) is 11.5 Å². The van der Waals surface area contributed by atoms with Gasteiger partial charge in [0, 0.05) is 5.75 Å². The van der Waals surface area contributed by atoms with Crippen molar-refractivity contribution in [2.75, 3.05) is 5.75 Å². The number of hydrogen-bond donors (Lipinski definition) is 2. The molecule has 0 saturated carbocycles. The molecule has 1 heterocycles. The Hall–Kier alpha value is -1.98. The number of carboxylic acid groups (broad SMARTS) is 1. The number of nitrogens with one attached hydrogen (secondary N) is 1. The topological polar surface area (TPSA) is 58.6 Å². The van der Waals surface area contributed by atoms with Crippen LogP contribution >= 0.6 is 11.8 Å². The molecule has 1 fully saturated rings. The van der Waals surface area contributed by atoms with E-state index >= 15 is 0 Å². The second kappa shape index (κ2) is 7.72. The Morgan fingerprint density at radius 2 is 1.73 bits per heavy atom. The van der Waals surface area contributed by atoms with E-state index < -0.39 is 12.0 Å². The van der Waals surface area contributed by atoms with E-state index in [1.807, 2.05) is 36.4 Å². The number of hydrogen-bond acceptors (Lipinski definition) is 4. The second-order valence-electron chi connectivity index (χ2n) is 7.20. The largest absolute Gasteiger partial charge is 0.480 e. The van der Waals surface area contributed by atoms with Gasteiger partial charge in [-0.1, -0.05) is 45.0 Å². The van der Waals surface area contributed by atoms with Gasteiger partial charge in [-0.3, -0.25) is 10.1 Å². The molecule has 2 N–H and O–H groups in total. The van der Waals surface area contributed by atoms with Crippen molar-refractivity contribution in [2.24, 2.45) is 0 Å². The van der Waals surface area contributed by atoms with E-state index in [4.69, 9.17) is 9.84 Å². The molecule has 0 aromatic heterocycles. The van der Waals surface area contributed by atoms with Crippen LogP contribution in [-0.2, 0) is 10.2 Å². The molecule has 2 unspecified atom stereocenters. The summed E-state index contributed by atoms with van der Waals surface area (Å²) in [6.45, 7) is 6.68. The first-order chi connectivity index (χ1) is 12.4. The number of thioether (sulfide) groups is 1. The van der Waals surface area contributed by atoms with Crippen LogP contribution in [0.15, 0.2) is 48.5 Å². The molecule has 0 spiro atoms. The van der Waals surface area contributed by atoms with Gasteiger partial charge in [0.05, 0.1) is 5.37 Å². The maximum atomic E-state index is 11.0. The number of carbonyl (C=O) groups is 1. The van der Waals surface area contributed by atoms with Gasteiger partial charge in [0.25, 0.3) is 0 Å². The Kier molecular flexibility index (Phi) is 5.58. The van der Waals surface area contributed by atoms with Crippen LogP contribution < -0.4 is 10.1 Å². The number of aliphatic carboxylic acids is 1. The SMILES string of the molecule is CCC(C)(C)c1ccc(Oc2ccc(C3NC(C(=O)O)CS3)cc2)cc1. The summed E-state index contributed by atoms with van der Waals surface area (Å²) in [7, 11) is 0. The first kappa shape index (κ1) is 18.8. The molecule has 2 atom stereocenters. The van der Waals surface area contributed by atoms with Crippen molar-refractivity contribution in [3.05, 3.63) is 59.7 Å². The van der Waals surface area contributed by atoms with Crippen molar-refractivity contribution in [3.63, 3.8) is 0 Å². The fourth-order valence-corrected chi connectivity index (χ4v) is 4.07. The van der Waals surface area contributed by atoms with Gasteiger partial charge in [0.15, 0.2) is 0 Å². The lowest BCUT2D eigenvalue weighted by molar-refractivity contribution is -0.138. The van der Waals surface area contributed by atoms with E-state index in [9.17, 15) is 4.79 Å². The lowest BCUT2D eigenvalue weighted by atomic mass is 9.82. The molecule has 0 amide bonds. The summed E-state index contributed by atoms with van der Waals surface area (Å²) in [5, 5.41) is 12.2. The van der Waals surface area contributed by atoms with Crippen LogP contribution in [0.25, 0.3) is 0 Å². The van der Waals surface area contributed by atoms with Gasteiger partial charge in [-0.25, -0.2) is 0 Å². The van der Waals surface area contributed by atoms with Crippen molar-refractivity contribution in [3.8, 4) is 11.5 Å². The average Bonchev–Trinajstić information content (AvgIpc) is 3.13. The van der Waals surface area contributed by atoms with Crippen LogP contribution in [-0.4, -0.2) is 22.9 Å². The molecule has 26 heavy (non-hydrogen) atoms. The summed E-state index contributed by atoms with van der Waals surface area (Å²) in [5.41, 5.74) is 2.53. The Labute approximate surface area is 159 Å². The van der Waals surface area contributed by atoms with E-state index in [0.29, 0.717) is 5.75 Å². The summed E-state index contributed by atoms with van der Waals surface area (Å²) in [6.07, 6.45) is 1.09. The van der Waals surface area contributed by atoms with Crippen LogP contribution in [0, 0.1) is 0 Å². The molecular formula is C21H25NO3S. The van der Waals surface area contributed by atoms with Crippen LogP contribution in [0.2, 0.25) is 0 Å². The van der Waals surface area contributed by atoms with Gasteiger partial charge in [-0.15, -0.1) is 11.8 Å². The summed E-state index contributed by atoms with van der Waals surface area (Å²) >= 11 is 1.61. The minimum absolute atomic E-state index is 0.0145. The number of carboxylic acids is 1. The van der Waals surface area contributed by atoms with E-state index in [2.05, 4.69) is 38.2 Å². The highest BCUT2D eigenvalue weighted by molar-refractivity contribution is 7.99. The predicted octanol–water partition coefficient (Wildman–Crippen LogP) is 4.95. The zero-order chi connectivity index (χ0) is 18.7. The summed E-state index contributed by atoms with van der Waals surface area (Å²) in [6, 6.07) is 15.6. The van der Waals surface area contributed by atoms with Crippen LogP contribution in [0.1, 0.15) is 43.7 Å². The third kappa shape index (κ3) is 4.22. The molecule has 4 nitrogen and oxygen atoms in total. The Bertz CT molecular complexity index is 756. The fraction of sp³-hybridized carbons (Fsp3) is 0.381. The Morgan fingerprint density at radius 1 is 1.15 bits per heavy atom. The first-order valence-electron chi connectivity index (χ1n) is 8.88. The zero-order valence-corrected chi connectivity index (χ0v) is 16.2. The molecule has 0 bridgehead atoms. The Morgan fingerprint density at radius 3 is 2.23 bits per heavy atom. The molecule has 0 aliphatic carbocycles. The standard InChI is InChI=1S/C21H25NO3S/c1-4-21(2,3)15-7-11-17(12-8-15)25-16-9-5-14(6-10-16)19-22-18(13-26-19)20(23)24/h5-12,18-19,22H,4,13H2,1-3H3,(H,23,24). The highest BCUT2D eigenvalue weighted by Crippen LogP contribution is 2.34. The highest BCUT2D eigenvalue weighted by atomic mass is 32.2. The lowest BCUT2D eigenvalue weighted by Crippen LogP contribution is -2.33. The van der Waals surface area contributed by atoms with Crippen molar-refractivity contribution in [2.45, 2.75) is 44.0 Å². The quantitative estimate of drug-likeness (QED) is 0.752. The Balaban J connectivity index is 1.64. The minimum atomic E-state index is -0.797. The summed E-state index contributed by atoms with van der Waals surface area (Å²) in [4.78, 5) is 11.0. The minimum Gasteiger partial charge on any atom is -0.480 e. The predicted molar refractivity (Wildman–Crippen MR) is 106 cm³/mol. The van der Waals surface area contributed by atoms with E-state index in [0.717, 1.165) is 23.5 Å². The second-order valence-corrected chi connectivity index (χ2v) is 8.34. The molecule has 3 rings (SSSR count). The molecule has 1 aliphatic rings. The van der Waals surface area contributed by atoms with Gasteiger partial charge in [0.2, 0.25) is 0 Å². The summed E-state index contributed by atoms with van der Waals surface area (Å²) in [5.74, 6) is 1.37. The first-order valence-corrected chi connectivity index (χ1v) is 9.93. The van der Waals surface area contributed by atoms with Crippen LogP contribution in [0.4, 0.5) is 0 Å². The van der Waals surface area contributed by atoms with Gasteiger partial charge >= 0.3 is 5.97 Å². The highest BCUT2D eigenvalue weighted by Gasteiger charge is 2.30. The van der Waals surface area contributed by atoms with Crippen LogP contribution in [0.3, 0.4) is 0 Å². The van der Waals surface area contributed by atoms with Gasteiger partial charge in [-0.05, 0) is 47.2 Å². The molecule has 1 saturated heterocycles. The van der Waals surface area contributed by atoms with Gasteiger partial charge in [-0.2, -0.15) is 0 Å². The number of benzene rings is 2. The van der Waals surface area contributed by atoms with E-state index in [1.54, 1.807) is 11.8 Å². The zero-order valence-electron chi connectivity index (χ0n) is 15.4. The summed E-state index contributed by atoms with van der Waals surface area (Å²) < 4.78 is 5.94. The third-order valence-electron chi connectivity index (χ3n) is 5.02. The van der Waals surface area contributed by atoms with Crippen molar-refractivity contribution in [1.82, 2.24) is 5.32 Å². The number of ether oxygens (including phenoxy) is 1.